The highest BCUT2D eigenvalue weighted by atomic mass is 19.1. The second kappa shape index (κ2) is 11.5. The number of hydrogen-bond donors (Lipinski definition) is 3. The van der Waals surface area contributed by atoms with E-state index in [9.17, 15) is 18.8 Å². The van der Waals surface area contributed by atoms with Crippen LogP contribution in [-0.2, 0) is 16.0 Å². The number of hydrogen-bond acceptors (Lipinski definition) is 7. The van der Waals surface area contributed by atoms with Crippen LogP contribution in [0.25, 0.3) is 11.3 Å². The van der Waals surface area contributed by atoms with Crippen molar-refractivity contribution in [2.24, 2.45) is 5.84 Å². The first-order valence-corrected chi connectivity index (χ1v) is 12.9. The van der Waals surface area contributed by atoms with E-state index in [4.69, 9.17) is 5.84 Å². The van der Waals surface area contributed by atoms with Crippen LogP contribution in [0.15, 0.2) is 30.3 Å². The first kappa shape index (κ1) is 26.8. The number of amides is 2. The van der Waals surface area contributed by atoms with E-state index in [0.717, 1.165) is 25.9 Å². The van der Waals surface area contributed by atoms with Crippen molar-refractivity contribution in [1.82, 2.24) is 25.5 Å². The number of likely N-dealkylation sites (tertiary alicyclic amines) is 1. The zero-order valence-corrected chi connectivity index (χ0v) is 21.6. The Bertz CT molecular complexity index is 1190. The predicted octanol–water partition coefficient (Wildman–Crippen LogP) is 1.97. The summed E-state index contributed by atoms with van der Waals surface area (Å²) in [5.74, 6) is 4.58. The number of benzene rings is 1. The lowest BCUT2D eigenvalue weighted by molar-refractivity contribution is -0.125. The maximum absolute atomic E-state index is 15.0. The largest absolute Gasteiger partial charge is 0.357 e. The lowest BCUT2D eigenvalue weighted by Gasteiger charge is -2.37. The third-order valence-corrected chi connectivity index (χ3v) is 7.43. The zero-order valence-electron chi connectivity index (χ0n) is 21.6. The molecule has 0 saturated carbocycles. The molecule has 1 fully saturated rings. The predicted molar refractivity (Wildman–Crippen MR) is 138 cm³/mol. The van der Waals surface area contributed by atoms with E-state index in [1.165, 1.54) is 18.1 Å². The monoisotopic (exact) mass is 510 g/mol. The van der Waals surface area contributed by atoms with E-state index in [2.05, 4.69) is 27.4 Å². The number of carbonyl (C=O) groups is 3. The summed E-state index contributed by atoms with van der Waals surface area (Å²) in [6, 6.07) is 6.68. The Hall–Kier alpha value is -3.21. The molecule has 0 radical (unpaired) electrons. The van der Waals surface area contributed by atoms with Crippen LogP contribution in [0.5, 0.6) is 0 Å². The number of halogens is 1. The molecule has 0 bridgehead atoms. The average Bonchev–Trinajstić information content (AvgIpc) is 3.36. The van der Waals surface area contributed by atoms with Crippen molar-refractivity contribution >= 4 is 17.6 Å². The highest BCUT2D eigenvalue weighted by molar-refractivity contribution is 6.14. The van der Waals surface area contributed by atoms with E-state index in [0.29, 0.717) is 47.1 Å². The summed E-state index contributed by atoms with van der Waals surface area (Å²) in [7, 11) is 1.46. The molecular weight excluding hydrogens is 475 g/mol. The summed E-state index contributed by atoms with van der Waals surface area (Å²) in [4.78, 5) is 44.7. The number of pyridine rings is 1. The Labute approximate surface area is 216 Å². The van der Waals surface area contributed by atoms with Gasteiger partial charge in [-0.2, -0.15) is 0 Å². The number of likely N-dealkylation sites (N-methyl/N-ethyl adjacent to an activating group) is 2. The van der Waals surface area contributed by atoms with E-state index in [1.54, 1.807) is 24.3 Å². The van der Waals surface area contributed by atoms with E-state index in [1.807, 2.05) is 6.92 Å². The molecule has 2 aliphatic rings. The number of rotatable bonds is 8. The van der Waals surface area contributed by atoms with Gasteiger partial charge >= 0.3 is 0 Å². The van der Waals surface area contributed by atoms with Crippen molar-refractivity contribution in [2.45, 2.75) is 57.7 Å². The fraction of sp³-hybridized carbons (Fsp3) is 0.481. The van der Waals surface area contributed by atoms with Crippen LogP contribution in [-0.4, -0.2) is 71.3 Å². The molecule has 1 aromatic heterocycles. The van der Waals surface area contributed by atoms with Crippen molar-refractivity contribution in [3.05, 3.63) is 53.0 Å². The molecule has 3 atom stereocenters. The van der Waals surface area contributed by atoms with Crippen molar-refractivity contribution in [3.63, 3.8) is 0 Å². The van der Waals surface area contributed by atoms with E-state index >= 15 is 0 Å². The summed E-state index contributed by atoms with van der Waals surface area (Å²) in [6.07, 6.45) is 2.67. The van der Waals surface area contributed by atoms with Gasteiger partial charge in [-0.25, -0.2) is 9.40 Å². The number of nitrogens with one attached hydrogen (secondary N) is 2. The normalized spacial score (nSPS) is 22.1. The number of ketones is 1. The molecular formula is C27H35FN6O3. The summed E-state index contributed by atoms with van der Waals surface area (Å²) in [5, 5.41) is 6.67. The summed E-state index contributed by atoms with van der Waals surface area (Å²) >= 11 is 0. The first-order valence-electron chi connectivity index (χ1n) is 12.9. The lowest BCUT2D eigenvalue weighted by atomic mass is 9.90. The highest BCUT2D eigenvalue weighted by Crippen LogP contribution is 2.34. The molecule has 9 nitrogen and oxygen atoms in total. The first-order chi connectivity index (χ1) is 17.8. The van der Waals surface area contributed by atoms with Crippen LogP contribution < -0.4 is 16.5 Å². The van der Waals surface area contributed by atoms with Crippen molar-refractivity contribution in [2.75, 3.05) is 26.7 Å². The standard InChI is InChI=1S/C27H35FN6O3/c1-4-22-24-19(26(36)25(34(22)29)27(37)30-3)10-11-21(32-24)17-9-8-16(20(28)13-17)14-23(35)31-15-18-7-6-12-33(18)5-2/h8-11,13,18,22,25H,4-7,12,14-15,29H2,1-3H3,(H,30,37)(H,31,35). The Morgan fingerprint density at radius 3 is 2.68 bits per heavy atom. The van der Waals surface area contributed by atoms with Gasteiger partial charge in [-0.3, -0.25) is 30.1 Å². The van der Waals surface area contributed by atoms with Crippen LogP contribution in [0.4, 0.5) is 4.39 Å². The zero-order chi connectivity index (χ0) is 26.7. The quantitative estimate of drug-likeness (QED) is 0.367. The van der Waals surface area contributed by atoms with Crippen molar-refractivity contribution < 1.29 is 18.8 Å². The molecule has 10 heteroatoms. The van der Waals surface area contributed by atoms with Crippen LogP contribution in [0.3, 0.4) is 0 Å². The molecule has 0 spiro atoms. The summed E-state index contributed by atoms with van der Waals surface area (Å²) in [5.41, 5.74) is 2.11. The Balaban J connectivity index is 1.50. The van der Waals surface area contributed by atoms with Gasteiger partial charge in [-0.05, 0) is 56.1 Å². The number of carbonyl (C=O) groups excluding carboxylic acids is 3. The highest BCUT2D eigenvalue weighted by Gasteiger charge is 2.42. The summed E-state index contributed by atoms with van der Waals surface area (Å²) < 4.78 is 15.0. The number of Topliss-reactive ketones (excluding diaryl/α,β-unsaturated/α-hetero) is 1. The van der Waals surface area contributed by atoms with Crippen LogP contribution in [0, 0.1) is 5.82 Å². The summed E-state index contributed by atoms with van der Waals surface area (Å²) in [6.45, 7) is 6.59. The van der Waals surface area contributed by atoms with Gasteiger partial charge in [-0.15, -0.1) is 0 Å². The minimum Gasteiger partial charge on any atom is -0.357 e. The van der Waals surface area contributed by atoms with Crippen LogP contribution in [0.1, 0.15) is 60.8 Å². The molecule has 1 saturated heterocycles. The average molecular weight is 511 g/mol. The fourth-order valence-corrected chi connectivity index (χ4v) is 5.36. The SMILES string of the molecule is CCC1c2nc(-c3ccc(CC(=O)NCC4CCCN4CC)c(F)c3)ccc2C(=O)C(C(=O)NC)N1N. The fourth-order valence-electron chi connectivity index (χ4n) is 5.36. The molecule has 3 unspecified atom stereocenters. The maximum Gasteiger partial charge on any atom is 0.246 e. The Morgan fingerprint density at radius 1 is 1.22 bits per heavy atom. The number of aromatic nitrogens is 1. The van der Waals surface area contributed by atoms with Gasteiger partial charge in [0.25, 0.3) is 0 Å². The molecule has 2 amide bonds. The Morgan fingerprint density at radius 2 is 2.00 bits per heavy atom. The molecule has 4 N–H and O–H groups in total. The lowest BCUT2D eigenvalue weighted by Crippen LogP contribution is -2.58. The van der Waals surface area contributed by atoms with E-state index in [-0.39, 0.29) is 12.3 Å². The van der Waals surface area contributed by atoms with Gasteiger partial charge < -0.3 is 10.6 Å². The van der Waals surface area contributed by atoms with Gasteiger partial charge in [-0.1, -0.05) is 26.0 Å². The van der Waals surface area contributed by atoms with Gasteiger partial charge in [0, 0.05) is 30.8 Å². The number of hydrazine groups is 1. The van der Waals surface area contributed by atoms with Gasteiger partial charge in [0.15, 0.2) is 11.8 Å². The molecule has 3 heterocycles. The second-order valence-electron chi connectivity index (χ2n) is 9.59. The third-order valence-electron chi connectivity index (χ3n) is 7.43. The minimum absolute atomic E-state index is 0.0437. The second-order valence-corrected chi connectivity index (χ2v) is 9.59. The van der Waals surface area contributed by atoms with Crippen LogP contribution >= 0.6 is 0 Å². The molecule has 2 aliphatic heterocycles. The van der Waals surface area contributed by atoms with Crippen molar-refractivity contribution in [3.8, 4) is 11.3 Å². The van der Waals surface area contributed by atoms with Gasteiger partial charge in [0.2, 0.25) is 11.8 Å². The molecule has 198 valence electrons. The smallest absolute Gasteiger partial charge is 0.246 e. The number of nitrogens with zero attached hydrogens (tertiary/aromatic N) is 3. The maximum atomic E-state index is 15.0. The molecule has 0 aliphatic carbocycles. The third kappa shape index (κ3) is 5.41. The number of fused-ring (bicyclic) bond motifs is 1. The van der Waals surface area contributed by atoms with Gasteiger partial charge in [0.1, 0.15) is 5.82 Å². The van der Waals surface area contributed by atoms with Crippen molar-refractivity contribution in [1.29, 1.82) is 0 Å². The topological polar surface area (TPSA) is 121 Å². The Kier molecular flexibility index (Phi) is 8.31. The van der Waals surface area contributed by atoms with E-state index < -0.39 is 29.6 Å². The van der Waals surface area contributed by atoms with Gasteiger partial charge in [0.05, 0.1) is 23.9 Å². The van der Waals surface area contributed by atoms with Crippen LogP contribution in [0.2, 0.25) is 0 Å². The number of nitrogens with two attached hydrogens (primary N) is 1. The molecule has 1 aromatic carbocycles. The molecule has 2 aromatic rings. The molecule has 37 heavy (non-hydrogen) atoms. The molecule has 4 rings (SSSR count). The minimum atomic E-state index is -1.13.